The van der Waals surface area contributed by atoms with Crippen LogP contribution in [0.15, 0.2) is 108 Å². The Labute approximate surface area is 238 Å². The first-order valence-corrected chi connectivity index (χ1v) is 14.3. The maximum Gasteiger partial charge on any atom is 0.166 e. The fourth-order valence-corrected chi connectivity index (χ4v) is 5.66. The molecule has 9 nitrogen and oxygen atoms in total. The number of carbonyl (C=O) groups excluding carboxylic acids is 1. The zero-order valence-electron chi connectivity index (χ0n) is 21.1. The molecule has 196 valence electrons. The molecule has 0 aliphatic rings. The van der Waals surface area contributed by atoms with E-state index in [4.69, 9.17) is 9.97 Å². The van der Waals surface area contributed by atoms with Crippen LogP contribution in [0.5, 0.6) is 0 Å². The van der Waals surface area contributed by atoms with E-state index in [1.54, 1.807) is 49.6 Å². The summed E-state index contributed by atoms with van der Waals surface area (Å²) >= 11 is 2.77. The number of aromatic nitrogens is 8. The van der Waals surface area contributed by atoms with Gasteiger partial charge in [0.05, 0.1) is 34.3 Å². The number of pyridine rings is 4. The summed E-state index contributed by atoms with van der Waals surface area (Å²) in [5, 5.41) is 1.35. The van der Waals surface area contributed by atoms with Crippen molar-refractivity contribution in [1.82, 2.24) is 39.9 Å². The van der Waals surface area contributed by atoms with E-state index >= 15 is 0 Å². The standard InChI is InChI=1S/C29H22N8OS2/c38-23(17-39-28-34-24(19-1-9-30-10-2-19)25(35-28)20-3-11-31-12-4-20)18-40-29-36-26(21-5-13-32-14-6-21)27(37-29)22-7-15-33-16-8-22/h1-16H,17-18H2,(H,34,35)(H,36,37). The van der Waals surface area contributed by atoms with Crippen LogP contribution in [-0.2, 0) is 4.79 Å². The van der Waals surface area contributed by atoms with Crippen molar-refractivity contribution in [1.29, 1.82) is 0 Å². The fourth-order valence-electron chi connectivity index (χ4n) is 4.07. The SMILES string of the molecule is O=C(CSc1nc(-c2ccncc2)c(-c2ccncc2)[nH]1)CSc1nc(-c2ccncc2)c(-c2ccncc2)[nH]1. The third-order valence-corrected chi connectivity index (χ3v) is 7.82. The summed E-state index contributed by atoms with van der Waals surface area (Å²) in [5.74, 6) is 0.636. The second-order valence-corrected chi connectivity index (χ2v) is 10.5. The van der Waals surface area contributed by atoms with E-state index in [1.807, 2.05) is 48.5 Å². The van der Waals surface area contributed by atoms with Crippen molar-refractivity contribution in [3.05, 3.63) is 98.1 Å². The quantitative estimate of drug-likeness (QED) is 0.198. The number of aromatic amines is 2. The van der Waals surface area contributed by atoms with Crippen LogP contribution >= 0.6 is 23.5 Å². The van der Waals surface area contributed by atoms with Crippen molar-refractivity contribution < 1.29 is 4.79 Å². The van der Waals surface area contributed by atoms with Crippen molar-refractivity contribution >= 4 is 29.3 Å². The molecule has 11 heteroatoms. The monoisotopic (exact) mass is 562 g/mol. The molecule has 0 saturated carbocycles. The maximum atomic E-state index is 12.9. The van der Waals surface area contributed by atoms with E-state index in [2.05, 4.69) is 29.9 Å². The van der Waals surface area contributed by atoms with E-state index in [-0.39, 0.29) is 17.3 Å². The Balaban J connectivity index is 1.16. The summed E-state index contributed by atoms with van der Waals surface area (Å²) in [5.41, 5.74) is 7.19. The third-order valence-electron chi connectivity index (χ3n) is 5.95. The highest BCUT2D eigenvalue weighted by Gasteiger charge is 2.18. The maximum absolute atomic E-state index is 12.9. The van der Waals surface area contributed by atoms with Crippen molar-refractivity contribution in [3.8, 4) is 45.0 Å². The Bertz CT molecular complexity index is 1470. The first-order valence-electron chi connectivity index (χ1n) is 12.3. The Morgan fingerprint density at radius 1 is 0.525 bits per heavy atom. The van der Waals surface area contributed by atoms with Gasteiger partial charge >= 0.3 is 0 Å². The third kappa shape index (κ3) is 5.85. The van der Waals surface area contributed by atoms with E-state index < -0.39 is 0 Å². The number of imidazole rings is 2. The molecule has 6 heterocycles. The lowest BCUT2D eigenvalue weighted by molar-refractivity contribution is -0.114. The zero-order valence-corrected chi connectivity index (χ0v) is 22.7. The van der Waals surface area contributed by atoms with Crippen molar-refractivity contribution in [3.63, 3.8) is 0 Å². The molecule has 0 fully saturated rings. The number of nitrogens with one attached hydrogen (secondary N) is 2. The van der Waals surface area contributed by atoms with Gasteiger partial charge in [-0.15, -0.1) is 0 Å². The Kier molecular flexibility index (Phi) is 7.73. The highest BCUT2D eigenvalue weighted by atomic mass is 32.2. The lowest BCUT2D eigenvalue weighted by Crippen LogP contribution is -2.05. The van der Waals surface area contributed by atoms with Crippen LogP contribution < -0.4 is 0 Å². The first-order chi connectivity index (χ1) is 19.7. The molecule has 2 N–H and O–H groups in total. The van der Waals surface area contributed by atoms with Gasteiger partial charge in [-0.1, -0.05) is 23.5 Å². The van der Waals surface area contributed by atoms with Crippen molar-refractivity contribution in [2.45, 2.75) is 10.3 Å². The van der Waals surface area contributed by atoms with Gasteiger partial charge in [0.2, 0.25) is 0 Å². The Morgan fingerprint density at radius 3 is 1.20 bits per heavy atom. The van der Waals surface area contributed by atoms with Gasteiger partial charge in [0.25, 0.3) is 0 Å². The van der Waals surface area contributed by atoms with Gasteiger partial charge in [0, 0.05) is 71.8 Å². The molecule has 6 aromatic heterocycles. The minimum atomic E-state index is 0.0784. The molecular weight excluding hydrogens is 541 g/mol. The molecule has 0 radical (unpaired) electrons. The molecule has 0 amide bonds. The zero-order chi connectivity index (χ0) is 27.1. The largest absolute Gasteiger partial charge is 0.332 e. The highest BCUT2D eigenvalue weighted by Crippen LogP contribution is 2.34. The van der Waals surface area contributed by atoms with Crippen LogP contribution in [0.4, 0.5) is 0 Å². The number of Topliss-reactive ketones (excluding diaryl/α,β-unsaturated/α-hetero) is 1. The van der Waals surface area contributed by atoms with Crippen molar-refractivity contribution in [2.24, 2.45) is 0 Å². The molecule has 0 spiro atoms. The number of thioether (sulfide) groups is 2. The Hall–Kier alpha value is -4.61. The summed E-state index contributed by atoms with van der Waals surface area (Å²) in [6.45, 7) is 0. The predicted molar refractivity (Wildman–Crippen MR) is 157 cm³/mol. The van der Waals surface area contributed by atoms with Crippen LogP contribution in [0, 0.1) is 0 Å². The molecule has 6 aromatic rings. The summed E-state index contributed by atoms with van der Waals surface area (Å²) in [4.78, 5) is 45.7. The summed E-state index contributed by atoms with van der Waals surface area (Å²) in [7, 11) is 0. The van der Waals surface area contributed by atoms with Gasteiger partial charge in [0.15, 0.2) is 16.1 Å². The predicted octanol–water partition coefficient (Wildman–Crippen LogP) is 5.83. The smallest absolute Gasteiger partial charge is 0.166 e. The lowest BCUT2D eigenvalue weighted by Gasteiger charge is -2.02. The number of rotatable bonds is 10. The molecule has 0 aliphatic heterocycles. The first kappa shape index (κ1) is 25.7. The van der Waals surface area contributed by atoms with Crippen molar-refractivity contribution in [2.75, 3.05) is 11.5 Å². The van der Waals surface area contributed by atoms with Gasteiger partial charge in [-0.2, -0.15) is 0 Å². The topological polar surface area (TPSA) is 126 Å². The average Bonchev–Trinajstić information content (AvgIpc) is 3.66. The molecule has 40 heavy (non-hydrogen) atoms. The lowest BCUT2D eigenvalue weighted by atomic mass is 10.1. The van der Waals surface area contributed by atoms with E-state index in [0.29, 0.717) is 10.3 Å². The minimum Gasteiger partial charge on any atom is -0.332 e. The molecule has 0 bridgehead atoms. The second kappa shape index (κ2) is 12.1. The van der Waals surface area contributed by atoms with Gasteiger partial charge < -0.3 is 9.97 Å². The van der Waals surface area contributed by atoms with E-state index in [1.165, 1.54) is 23.5 Å². The van der Waals surface area contributed by atoms with Crippen LogP contribution in [0.2, 0.25) is 0 Å². The van der Waals surface area contributed by atoms with Gasteiger partial charge in [-0.25, -0.2) is 9.97 Å². The molecule has 0 aromatic carbocycles. The number of ketones is 1. The number of hydrogen-bond acceptors (Lipinski definition) is 9. The summed E-state index contributed by atoms with van der Waals surface area (Å²) < 4.78 is 0. The van der Waals surface area contributed by atoms with E-state index in [0.717, 1.165) is 45.0 Å². The summed E-state index contributed by atoms with van der Waals surface area (Å²) in [6.07, 6.45) is 13.9. The van der Waals surface area contributed by atoms with Gasteiger partial charge in [-0.05, 0) is 48.5 Å². The van der Waals surface area contributed by atoms with Gasteiger partial charge in [0.1, 0.15) is 0 Å². The van der Waals surface area contributed by atoms with E-state index in [9.17, 15) is 4.79 Å². The second-order valence-electron chi connectivity index (χ2n) is 8.59. The van der Waals surface area contributed by atoms with Crippen LogP contribution in [0.25, 0.3) is 45.0 Å². The molecule has 0 atom stereocenters. The average molecular weight is 563 g/mol. The minimum absolute atomic E-state index is 0.0784. The Morgan fingerprint density at radius 2 is 0.850 bits per heavy atom. The van der Waals surface area contributed by atoms with Crippen LogP contribution in [-0.4, -0.2) is 57.2 Å². The number of H-pyrrole nitrogens is 2. The molecule has 0 aliphatic carbocycles. The number of hydrogen-bond donors (Lipinski definition) is 2. The molecule has 6 rings (SSSR count). The molecule has 0 unspecified atom stereocenters. The normalized spacial score (nSPS) is 11.0. The number of carbonyl (C=O) groups is 1. The molecule has 0 saturated heterocycles. The molecular formula is C29H22N8OS2. The highest BCUT2D eigenvalue weighted by molar-refractivity contribution is 8.01. The summed E-state index contributed by atoms with van der Waals surface area (Å²) in [6, 6.07) is 15.4. The van der Waals surface area contributed by atoms with Crippen LogP contribution in [0.1, 0.15) is 0 Å². The van der Waals surface area contributed by atoms with Gasteiger partial charge in [-0.3, -0.25) is 24.7 Å². The number of nitrogens with zero attached hydrogens (tertiary/aromatic N) is 6. The van der Waals surface area contributed by atoms with Crippen LogP contribution in [0.3, 0.4) is 0 Å². The fraction of sp³-hybridized carbons (Fsp3) is 0.0690.